The molecule has 9 heteroatoms. The number of hydrogen-bond donors (Lipinski definition) is 2. The van der Waals surface area contributed by atoms with Gasteiger partial charge in [0, 0.05) is 35.5 Å². The number of hydrogen-bond acceptors (Lipinski definition) is 6. The molecule has 1 unspecified atom stereocenters. The molecule has 3 heterocycles. The van der Waals surface area contributed by atoms with Crippen LogP contribution in [0, 0.1) is 5.92 Å². The van der Waals surface area contributed by atoms with Gasteiger partial charge in [-0.25, -0.2) is 0 Å². The Morgan fingerprint density at radius 2 is 1.66 bits per heavy atom. The van der Waals surface area contributed by atoms with Gasteiger partial charge in [0.05, 0.1) is 30.0 Å². The van der Waals surface area contributed by atoms with Crippen LogP contribution >= 0.6 is 0 Å². The van der Waals surface area contributed by atoms with Crippen molar-refractivity contribution in [2.75, 3.05) is 11.5 Å². The molecule has 8 nitrogen and oxygen atoms in total. The molecule has 2 aliphatic heterocycles. The van der Waals surface area contributed by atoms with E-state index < -0.39 is 13.9 Å². The number of rotatable bonds is 8. The second kappa shape index (κ2) is 10.6. The molecule has 0 saturated carbocycles. The summed E-state index contributed by atoms with van der Waals surface area (Å²) in [7, 11) is -2.77. The van der Waals surface area contributed by atoms with Gasteiger partial charge < -0.3 is 14.6 Å². The van der Waals surface area contributed by atoms with Crippen LogP contribution in [-0.2, 0) is 21.7 Å². The van der Waals surface area contributed by atoms with Crippen molar-refractivity contribution >= 4 is 25.6 Å². The Kier molecular flexibility index (Phi) is 7.15. The molecule has 1 aromatic heterocycles. The summed E-state index contributed by atoms with van der Waals surface area (Å²) in [6, 6.07) is 27.3. The van der Waals surface area contributed by atoms with Crippen LogP contribution in [-0.4, -0.2) is 51.8 Å². The van der Waals surface area contributed by atoms with E-state index in [1.807, 2.05) is 104 Å². The summed E-state index contributed by atoms with van der Waals surface area (Å²) in [5, 5.41) is 18.8. The number of aliphatic hydroxyl groups is 1. The van der Waals surface area contributed by atoms with Crippen molar-refractivity contribution in [3.05, 3.63) is 108 Å². The van der Waals surface area contributed by atoms with Gasteiger partial charge in [-0.05, 0) is 43.3 Å². The fourth-order valence-electron chi connectivity index (χ4n) is 6.96. The van der Waals surface area contributed by atoms with Crippen LogP contribution in [0.1, 0.15) is 36.1 Å². The number of benzene rings is 3. The monoisotopic (exact) mass is 568 g/mol. The SMILES string of the molecule is C[C@@H]1[C@@H]([Si](C)(C)O)[C@H](CCn2cc(C(CO)c3ccccc3)nn2)O[C@@]12C(=O)N(c1ccccc1)c1ccccc12. The summed E-state index contributed by atoms with van der Waals surface area (Å²) >= 11 is 0. The summed E-state index contributed by atoms with van der Waals surface area (Å²) in [6.45, 7) is 6.36. The third kappa shape index (κ3) is 4.63. The van der Waals surface area contributed by atoms with Gasteiger partial charge in [-0.3, -0.25) is 14.4 Å². The number of carbonyl (C=O) groups is 1. The van der Waals surface area contributed by atoms with Crippen LogP contribution in [0.15, 0.2) is 91.1 Å². The molecule has 6 rings (SSSR count). The van der Waals surface area contributed by atoms with Gasteiger partial charge >= 0.3 is 0 Å². The second-order valence-corrected chi connectivity index (χ2v) is 15.7. The molecule has 2 N–H and O–H groups in total. The number of aliphatic hydroxyl groups excluding tert-OH is 1. The van der Waals surface area contributed by atoms with E-state index in [2.05, 4.69) is 17.2 Å². The van der Waals surface area contributed by atoms with Gasteiger partial charge in [0.25, 0.3) is 5.91 Å². The summed E-state index contributed by atoms with van der Waals surface area (Å²) < 4.78 is 8.67. The van der Waals surface area contributed by atoms with Crippen molar-refractivity contribution in [3.8, 4) is 0 Å². The van der Waals surface area contributed by atoms with E-state index in [0.29, 0.717) is 18.7 Å². The van der Waals surface area contributed by atoms with E-state index in [9.17, 15) is 14.7 Å². The van der Waals surface area contributed by atoms with Crippen LogP contribution in [0.25, 0.3) is 0 Å². The van der Waals surface area contributed by atoms with E-state index in [1.165, 1.54) is 0 Å². The molecule has 212 valence electrons. The highest BCUT2D eigenvalue weighted by atomic mass is 28.4. The van der Waals surface area contributed by atoms with Crippen molar-refractivity contribution < 1.29 is 19.4 Å². The highest BCUT2D eigenvalue weighted by Gasteiger charge is 2.66. The Morgan fingerprint density at radius 1 is 1.00 bits per heavy atom. The Morgan fingerprint density at radius 3 is 2.34 bits per heavy atom. The molecule has 0 radical (unpaired) electrons. The van der Waals surface area contributed by atoms with Crippen molar-refractivity contribution in [2.45, 2.75) is 56.1 Å². The smallest absolute Gasteiger partial charge is 0.268 e. The number of anilines is 2. The molecule has 3 aromatic carbocycles. The third-order valence-corrected chi connectivity index (χ3v) is 11.3. The number of aryl methyl sites for hydroxylation is 1. The fraction of sp³-hybridized carbons (Fsp3) is 0.344. The first-order valence-electron chi connectivity index (χ1n) is 14.2. The maximum atomic E-state index is 14.4. The Hall–Kier alpha value is -3.63. The van der Waals surface area contributed by atoms with Gasteiger partial charge in [-0.15, -0.1) is 5.10 Å². The normalized spacial score (nSPS) is 24.7. The third-order valence-electron chi connectivity index (χ3n) is 8.75. The maximum absolute atomic E-state index is 14.4. The summed E-state index contributed by atoms with van der Waals surface area (Å²) in [4.78, 5) is 27.7. The van der Waals surface area contributed by atoms with Crippen LogP contribution in [0.3, 0.4) is 0 Å². The van der Waals surface area contributed by atoms with Gasteiger partial charge in [0.1, 0.15) is 0 Å². The summed E-state index contributed by atoms with van der Waals surface area (Å²) in [5.41, 5.74) is 2.79. The lowest BCUT2D eigenvalue weighted by Gasteiger charge is -2.32. The molecule has 0 aliphatic carbocycles. The van der Waals surface area contributed by atoms with E-state index in [4.69, 9.17) is 4.74 Å². The molecule has 1 saturated heterocycles. The quantitative estimate of drug-likeness (QED) is 0.291. The predicted molar refractivity (Wildman–Crippen MR) is 159 cm³/mol. The maximum Gasteiger partial charge on any atom is 0.268 e. The summed E-state index contributed by atoms with van der Waals surface area (Å²) in [6.07, 6.45) is 2.08. The van der Waals surface area contributed by atoms with E-state index in [-0.39, 0.29) is 36.0 Å². The van der Waals surface area contributed by atoms with Crippen LogP contribution in [0.4, 0.5) is 11.4 Å². The first-order valence-corrected chi connectivity index (χ1v) is 17.2. The Bertz CT molecular complexity index is 1520. The molecule has 41 heavy (non-hydrogen) atoms. The zero-order chi connectivity index (χ0) is 28.8. The molecule has 1 fully saturated rings. The average Bonchev–Trinajstić information content (AvgIpc) is 3.63. The fourth-order valence-corrected chi connectivity index (χ4v) is 9.56. The number of amides is 1. The van der Waals surface area contributed by atoms with Crippen LogP contribution in [0.5, 0.6) is 0 Å². The summed E-state index contributed by atoms with van der Waals surface area (Å²) in [5.74, 6) is -0.603. The average molecular weight is 569 g/mol. The number of ether oxygens (including phenoxy) is 1. The number of fused-ring (bicyclic) bond motifs is 2. The number of nitrogens with zero attached hydrogens (tertiary/aromatic N) is 4. The lowest BCUT2D eigenvalue weighted by atomic mass is 9.82. The molecular formula is C32H36N4O4Si. The standard InChI is InChI=1S/C32H36N4O4Si/c1-22-30(41(2,3)39)29(18-19-35-20-27(33-34-35)25(21-37)23-12-6-4-7-13-23)40-32(22)26-16-10-11-17-28(26)36(31(32)38)24-14-8-5-9-15-24/h4-17,20,22,25,29-30,37,39H,18-19,21H2,1-3H3/t22-,25?,29+,30-,32+/m1/s1. The van der Waals surface area contributed by atoms with Crippen molar-refractivity contribution in [3.63, 3.8) is 0 Å². The highest BCUT2D eigenvalue weighted by molar-refractivity contribution is 6.71. The van der Waals surface area contributed by atoms with Gasteiger partial charge in [-0.1, -0.05) is 78.9 Å². The molecule has 2 aliphatic rings. The number of carbonyl (C=O) groups excluding carboxylic acids is 1. The largest absolute Gasteiger partial charge is 0.432 e. The minimum atomic E-state index is -2.77. The Balaban J connectivity index is 1.30. The number of aromatic nitrogens is 3. The molecule has 0 bridgehead atoms. The zero-order valence-electron chi connectivity index (χ0n) is 23.6. The molecule has 1 amide bonds. The van der Waals surface area contributed by atoms with Gasteiger partial charge in [0.15, 0.2) is 13.9 Å². The zero-order valence-corrected chi connectivity index (χ0v) is 24.6. The van der Waals surface area contributed by atoms with E-state index in [0.717, 1.165) is 22.5 Å². The van der Waals surface area contributed by atoms with Crippen LogP contribution < -0.4 is 4.90 Å². The molecule has 1 spiro atoms. The lowest BCUT2D eigenvalue weighted by Crippen LogP contribution is -2.45. The van der Waals surface area contributed by atoms with Crippen molar-refractivity contribution in [1.82, 2.24) is 15.0 Å². The van der Waals surface area contributed by atoms with Gasteiger partial charge in [0.2, 0.25) is 0 Å². The molecule has 5 atom stereocenters. The minimum Gasteiger partial charge on any atom is -0.432 e. The highest BCUT2D eigenvalue weighted by Crippen LogP contribution is 2.60. The minimum absolute atomic E-state index is 0.0692. The second-order valence-electron chi connectivity index (χ2n) is 11.7. The van der Waals surface area contributed by atoms with Crippen LogP contribution in [0.2, 0.25) is 18.6 Å². The van der Waals surface area contributed by atoms with E-state index >= 15 is 0 Å². The molecule has 4 aromatic rings. The first-order chi connectivity index (χ1) is 19.8. The van der Waals surface area contributed by atoms with E-state index in [1.54, 1.807) is 9.58 Å². The Labute approximate surface area is 241 Å². The number of para-hydroxylation sites is 2. The van der Waals surface area contributed by atoms with Crippen molar-refractivity contribution in [1.29, 1.82) is 0 Å². The predicted octanol–water partition coefficient (Wildman–Crippen LogP) is 4.97. The lowest BCUT2D eigenvalue weighted by molar-refractivity contribution is -0.145. The molecular weight excluding hydrogens is 532 g/mol. The first kappa shape index (κ1) is 27.5. The van der Waals surface area contributed by atoms with Crippen molar-refractivity contribution in [2.24, 2.45) is 5.92 Å². The topological polar surface area (TPSA) is 101 Å². The van der Waals surface area contributed by atoms with Gasteiger partial charge in [-0.2, -0.15) is 0 Å².